The number of imide groups is 1. The molecule has 2 N–H and O–H groups in total. The summed E-state index contributed by atoms with van der Waals surface area (Å²) >= 11 is 0. The van der Waals surface area contributed by atoms with Crippen molar-refractivity contribution in [1.29, 1.82) is 0 Å². The molecule has 1 aliphatic carbocycles. The molecular weight excluding hydrogens is 358 g/mol. The molecule has 2 heterocycles. The van der Waals surface area contributed by atoms with Crippen molar-refractivity contribution in [2.45, 2.75) is 38.6 Å². The van der Waals surface area contributed by atoms with E-state index in [4.69, 9.17) is 0 Å². The molecule has 1 atom stereocenters. The number of nitrogens with zero attached hydrogens (tertiary/aromatic N) is 3. The number of anilines is 1. The second-order valence-corrected chi connectivity index (χ2v) is 7.57. The van der Waals surface area contributed by atoms with E-state index in [0.29, 0.717) is 24.2 Å². The number of aryl methyl sites for hydroxylation is 3. The highest BCUT2D eigenvalue weighted by Crippen LogP contribution is 2.33. The lowest BCUT2D eigenvalue weighted by Gasteiger charge is -2.32. The van der Waals surface area contributed by atoms with Gasteiger partial charge in [0.05, 0.1) is 17.1 Å². The second-order valence-electron chi connectivity index (χ2n) is 7.57. The first-order chi connectivity index (χ1) is 13.3. The van der Waals surface area contributed by atoms with Gasteiger partial charge >= 0.3 is 6.03 Å². The molecule has 8 heteroatoms. The minimum Gasteiger partial charge on any atom is -0.323 e. The van der Waals surface area contributed by atoms with E-state index in [9.17, 15) is 14.4 Å². The fourth-order valence-corrected chi connectivity index (χ4v) is 4.12. The summed E-state index contributed by atoms with van der Waals surface area (Å²) in [6, 6.07) is 7.43. The molecule has 1 aromatic carbocycles. The average Bonchev–Trinajstić information content (AvgIpc) is 3.03. The Morgan fingerprint density at radius 3 is 2.64 bits per heavy atom. The fourth-order valence-electron chi connectivity index (χ4n) is 4.12. The number of hydrogen-bond donors (Lipinski definition) is 2. The molecule has 0 bridgehead atoms. The minimum absolute atomic E-state index is 0.318. The first-order valence-corrected chi connectivity index (χ1v) is 9.32. The number of amides is 4. The molecule has 28 heavy (non-hydrogen) atoms. The van der Waals surface area contributed by atoms with Crippen LogP contribution in [0.4, 0.5) is 10.5 Å². The Labute approximate surface area is 162 Å². The van der Waals surface area contributed by atoms with Crippen LogP contribution >= 0.6 is 0 Å². The summed E-state index contributed by atoms with van der Waals surface area (Å²) in [5.74, 6) is -0.752. The van der Waals surface area contributed by atoms with Crippen molar-refractivity contribution in [3.8, 4) is 0 Å². The third-order valence-electron chi connectivity index (χ3n) is 5.75. The molecule has 1 spiro atoms. The predicted octanol–water partition coefficient (Wildman–Crippen LogP) is 1.45. The molecule has 1 fully saturated rings. The molecule has 2 aliphatic rings. The lowest BCUT2D eigenvalue weighted by molar-refractivity contribution is -0.134. The number of carbonyl (C=O) groups excluding carboxylic acids is 3. The lowest BCUT2D eigenvalue weighted by atomic mass is 9.78. The van der Waals surface area contributed by atoms with Crippen LogP contribution in [0.1, 0.15) is 28.9 Å². The summed E-state index contributed by atoms with van der Waals surface area (Å²) in [4.78, 5) is 39.1. The molecule has 2 aromatic rings. The Morgan fingerprint density at radius 2 is 1.96 bits per heavy atom. The molecule has 4 amide bonds. The predicted molar refractivity (Wildman–Crippen MR) is 103 cm³/mol. The second kappa shape index (κ2) is 6.47. The summed E-state index contributed by atoms with van der Waals surface area (Å²) in [6.45, 7) is 3.32. The maximum Gasteiger partial charge on any atom is 0.325 e. The van der Waals surface area contributed by atoms with Gasteiger partial charge in [0.25, 0.3) is 5.91 Å². The van der Waals surface area contributed by atoms with Gasteiger partial charge in [-0.25, -0.2) is 4.79 Å². The van der Waals surface area contributed by atoms with Gasteiger partial charge in [0, 0.05) is 13.5 Å². The van der Waals surface area contributed by atoms with Gasteiger partial charge in [0.15, 0.2) is 0 Å². The highest BCUT2D eigenvalue weighted by atomic mass is 16.2. The topological polar surface area (TPSA) is 96.3 Å². The van der Waals surface area contributed by atoms with E-state index < -0.39 is 17.5 Å². The van der Waals surface area contributed by atoms with Crippen molar-refractivity contribution in [2.75, 3.05) is 11.9 Å². The van der Waals surface area contributed by atoms with Crippen molar-refractivity contribution in [3.63, 3.8) is 0 Å². The van der Waals surface area contributed by atoms with E-state index in [0.717, 1.165) is 22.6 Å². The summed E-state index contributed by atoms with van der Waals surface area (Å²) in [6.07, 6.45) is 1.70. The molecular formula is C20H23N5O3. The van der Waals surface area contributed by atoms with E-state index in [1.807, 2.05) is 31.2 Å². The van der Waals surface area contributed by atoms with Crippen molar-refractivity contribution >= 4 is 23.5 Å². The third kappa shape index (κ3) is 2.85. The lowest BCUT2D eigenvalue weighted by Crippen LogP contribution is -2.51. The number of fused-ring (bicyclic) bond motifs is 1. The zero-order valence-corrected chi connectivity index (χ0v) is 16.2. The van der Waals surface area contributed by atoms with Gasteiger partial charge in [-0.05, 0) is 37.8 Å². The van der Waals surface area contributed by atoms with Gasteiger partial charge in [-0.1, -0.05) is 24.3 Å². The Morgan fingerprint density at radius 1 is 1.25 bits per heavy atom. The van der Waals surface area contributed by atoms with E-state index >= 15 is 0 Å². The Kier molecular flexibility index (Phi) is 4.21. The standard InChI is InChI=1S/C20H23N5O3/c1-12-17(13(2)24(3)23-12)21-16(26)11-25-18(27)20(22-19(25)28)9-8-14-6-4-5-7-15(14)10-20/h4-7H,8-11H2,1-3H3,(H,21,26)(H,22,28). The molecule has 8 nitrogen and oxygen atoms in total. The quantitative estimate of drug-likeness (QED) is 0.787. The van der Waals surface area contributed by atoms with Gasteiger partial charge in [-0.2, -0.15) is 5.10 Å². The monoisotopic (exact) mass is 381 g/mol. The number of urea groups is 1. The van der Waals surface area contributed by atoms with E-state index in [1.165, 1.54) is 5.56 Å². The first kappa shape index (κ1) is 18.2. The maximum atomic E-state index is 13.1. The van der Waals surface area contributed by atoms with Gasteiger partial charge in [-0.3, -0.25) is 19.2 Å². The highest BCUT2D eigenvalue weighted by molar-refractivity contribution is 6.10. The molecule has 1 saturated heterocycles. The Hall–Kier alpha value is -3.16. The number of aromatic nitrogens is 2. The van der Waals surface area contributed by atoms with Crippen LogP contribution in [0.15, 0.2) is 24.3 Å². The molecule has 146 valence electrons. The number of carbonyl (C=O) groups is 3. The van der Waals surface area contributed by atoms with E-state index in [1.54, 1.807) is 18.7 Å². The van der Waals surface area contributed by atoms with Crippen LogP contribution in [0.2, 0.25) is 0 Å². The van der Waals surface area contributed by atoms with Crippen LogP contribution in [0.25, 0.3) is 0 Å². The van der Waals surface area contributed by atoms with Crippen LogP contribution < -0.4 is 10.6 Å². The molecule has 0 radical (unpaired) electrons. The Bertz CT molecular complexity index is 996. The SMILES string of the molecule is Cc1nn(C)c(C)c1NC(=O)CN1C(=O)NC2(CCc3ccccc3C2)C1=O. The number of hydrogen-bond acceptors (Lipinski definition) is 4. The van der Waals surface area contributed by atoms with Gasteiger partial charge in [0.2, 0.25) is 5.91 Å². The van der Waals surface area contributed by atoms with Crippen molar-refractivity contribution in [2.24, 2.45) is 7.05 Å². The number of benzene rings is 1. The highest BCUT2D eigenvalue weighted by Gasteiger charge is 2.52. The van der Waals surface area contributed by atoms with Crippen molar-refractivity contribution in [3.05, 3.63) is 46.8 Å². The van der Waals surface area contributed by atoms with E-state index in [-0.39, 0.29) is 12.5 Å². The number of rotatable bonds is 3. The smallest absolute Gasteiger partial charge is 0.323 e. The largest absolute Gasteiger partial charge is 0.325 e. The van der Waals surface area contributed by atoms with Gasteiger partial charge < -0.3 is 10.6 Å². The summed E-state index contributed by atoms with van der Waals surface area (Å²) < 4.78 is 1.67. The summed E-state index contributed by atoms with van der Waals surface area (Å²) in [7, 11) is 1.79. The number of nitrogens with one attached hydrogen (secondary N) is 2. The van der Waals surface area contributed by atoms with Crippen LogP contribution in [0.3, 0.4) is 0 Å². The minimum atomic E-state index is -0.953. The van der Waals surface area contributed by atoms with Gasteiger partial charge in [0.1, 0.15) is 12.1 Å². The van der Waals surface area contributed by atoms with E-state index in [2.05, 4.69) is 15.7 Å². The zero-order chi connectivity index (χ0) is 20.1. The van der Waals surface area contributed by atoms with Crippen molar-refractivity contribution < 1.29 is 14.4 Å². The van der Waals surface area contributed by atoms with Crippen molar-refractivity contribution in [1.82, 2.24) is 20.0 Å². The molecule has 1 aromatic heterocycles. The van der Waals surface area contributed by atoms with Crippen LogP contribution in [0, 0.1) is 13.8 Å². The van der Waals surface area contributed by atoms with Crippen LogP contribution in [-0.4, -0.2) is 44.6 Å². The fraction of sp³-hybridized carbons (Fsp3) is 0.400. The normalized spacial score (nSPS) is 21.0. The van der Waals surface area contributed by atoms with Crippen LogP contribution in [0.5, 0.6) is 0 Å². The third-order valence-corrected chi connectivity index (χ3v) is 5.75. The summed E-state index contributed by atoms with van der Waals surface area (Å²) in [5, 5.41) is 9.88. The summed E-state index contributed by atoms with van der Waals surface area (Å²) in [5.41, 5.74) is 3.42. The molecule has 0 saturated carbocycles. The Balaban J connectivity index is 1.50. The first-order valence-electron chi connectivity index (χ1n) is 9.32. The molecule has 1 aliphatic heterocycles. The average molecular weight is 381 g/mol. The van der Waals surface area contributed by atoms with Gasteiger partial charge in [-0.15, -0.1) is 0 Å². The molecule has 4 rings (SSSR count). The zero-order valence-electron chi connectivity index (χ0n) is 16.2. The van der Waals surface area contributed by atoms with Crippen LogP contribution in [-0.2, 0) is 29.5 Å². The maximum absolute atomic E-state index is 13.1. The molecule has 1 unspecified atom stereocenters.